The van der Waals surface area contributed by atoms with Crippen LogP contribution in [0.25, 0.3) is 0 Å². The van der Waals surface area contributed by atoms with E-state index in [2.05, 4.69) is 5.32 Å². The number of carbonyl (C=O) groups is 2. The third kappa shape index (κ3) is 5.27. The van der Waals surface area contributed by atoms with E-state index in [1.165, 1.54) is 6.07 Å². The number of benzene rings is 2. The molecular weight excluding hydrogens is 337 g/mol. The van der Waals surface area contributed by atoms with E-state index in [0.717, 1.165) is 5.56 Å². The van der Waals surface area contributed by atoms with Crippen molar-refractivity contribution < 1.29 is 14.7 Å². The molecule has 2 rings (SSSR count). The van der Waals surface area contributed by atoms with Gasteiger partial charge >= 0.3 is 0 Å². The predicted molar refractivity (Wildman–Crippen MR) is 88.4 cm³/mol. The summed E-state index contributed by atoms with van der Waals surface area (Å²) in [5.74, 6) is -2.58. The number of amides is 1. The van der Waals surface area contributed by atoms with Crippen LogP contribution in [0.2, 0.25) is 10.0 Å². The molecule has 120 valence electrons. The molecule has 4 nitrogen and oxygen atoms in total. The van der Waals surface area contributed by atoms with Gasteiger partial charge in [0.1, 0.15) is 0 Å². The Morgan fingerprint density at radius 2 is 1.74 bits per heavy atom. The summed E-state index contributed by atoms with van der Waals surface area (Å²) in [6, 6.07) is 13.8. The van der Waals surface area contributed by atoms with Gasteiger partial charge < -0.3 is 15.2 Å². The number of rotatable bonds is 6. The Morgan fingerprint density at radius 3 is 2.35 bits per heavy atom. The number of nitrogens with one attached hydrogen (secondary N) is 1. The monoisotopic (exact) mass is 350 g/mol. The van der Waals surface area contributed by atoms with Crippen LogP contribution in [0.5, 0.6) is 0 Å². The summed E-state index contributed by atoms with van der Waals surface area (Å²) >= 11 is 11.7. The molecule has 0 radical (unpaired) electrons. The van der Waals surface area contributed by atoms with E-state index in [9.17, 15) is 14.7 Å². The molecule has 0 unspecified atom stereocenters. The van der Waals surface area contributed by atoms with E-state index in [1.54, 1.807) is 12.1 Å². The standard InChI is InChI=1S/C17H15Cl2NO3/c18-14-7-6-13(10-15(14)19)20-16(21)9-12(17(22)23)8-11-4-2-1-3-5-11/h1-7,10,12H,8-9H2,(H,20,21)(H,22,23)/p-1/t12-/m1/s1. The van der Waals surface area contributed by atoms with Crippen LogP contribution in [-0.4, -0.2) is 11.9 Å². The molecule has 0 aliphatic carbocycles. The first-order valence-electron chi connectivity index (χ1n) is 6.95. The summed E-state index contributed by atoms with van der Waals surface area (Å²) in [6.45, 7) is 0. The van der Waals surface area contributed by atoms with Crippen LogP contribution in [-0.2, 0) is 16.0 Å². The van der Waals surface area contributed by atoms with E-state index >= 15 is 0 Å². The van der Waals surface area contributed by atoms with Gasteiger partial charge in [-0.05, 0) is 30.2 Å². The van der Waals surface area contributed by atoms with E-state index < -0.39 is 17.8 Å². The number of aliphatic carboxylic acids is 1. The minimum atomic E-state index is -1.25. The zero-order chi connectivity index (χ0) is 16.8. The summed E-state index contributed by atoms with van der Waals surface area (Å²) in [5.41, 5.74) is 1.30. The van der Waals surface area contributed by atoms with Crippen molar-refractivity contribution in [1.82, 2.24) is 0 Å². The van der Waals surface area contributed by atoms with E-state index in [1.807, 2.05) is 30.3 Å². The van der Waals surface area contributed by atoms with Crippen LogP contribution in [0.3, 0.4) is 0 Å². The van der Waals surface area contributed by atoms with Gasteiger partial charge in [0.15, 0.2) is 0 Å². The van der Waals surface area contributed by atoms with Gasteiger partial charge in [-0.2, -0.15) is 0 Å². The Balaban J connectivity index is 2.00. The third-order valence-corrected chi connectivity index (χ3v) is 4.03. The maximum absolute atomic E-state index is 12.0. The molecule has 1 N–H and O–H groups in total. The highest BCUT2D eigenvalue weighted by Crippen LogP contribution is 2.25. The second kappa shape index (κ2) is 7.99. The van der Waals surface area contributed by atoms with Gasteiger partial charge in [0, 0.05) is 24.0 Å². The molecule has 0 aliphatic rings. The maximum atomic E-state index is 12.0. The number of anilines is 1. The predicted octanol–water partition coefficient (Wildman–Crippen LogP) is 2.93. The van der Waals surface area contributed by atoms with Gasteiger partial charge in [0.25, 0.3) is 0 Å². The molecule has 2 aromatic carbocycles. The zero-order valence-corrected chi connectivity index (χ0v) is 13.6. The molecule has 0 heterocycles. The summed E-state index contributed by atoms with van der Waals surface area (Å²) < 4.78 is 0. The fraction of sp³-hybridized carbons (Fsp3) is 0.176. The molecule has 1 amide bonds. The van der Waals surface area contributed by atoms with Crippen molar-refractivity contribution in [3.05, 3.63) is 64.1 Å². The van der Waals surface area contributed by atoms with Crippen molar-refractivity contribution >= 4 is 40.8 Å². The largest absolute Gasteiger partial charge is 0.550 e. The molecule has 0 saturated carbocycles. The number of hydrogen-bond acceptors (Lipinski definition) is 3. The number of carbonyl (C=O) groups excluding carboxylic acids is 2. The fourth-order valence-electron chi connectivity index (χ4n) is 2.15. The van der Waals surface area contributed by atoms with Crippen molar-refractivity contribution in [3.63, 3.8) is 0 Å². The molecule has 0 saturated heterocycles. The van der Waals surface area contributed by atoms with Gasteiger partial charge in [-0.15, -0.1) is 0 Å². The van der Waals surface area contributed by atoms with Crippen molar-refractivity contribution in [3.8, 4) is 0 Å². The smallest absolute Gasteiger partial charge is 0.225 e. The van der Waals surface area contributed by atoms with E-state index in [-0.39, 0.29) is 12.8 Å². The van der Waals surface area contributed by atoms with Gasteiger partial charge in [-0.3, -0.25) is 4.79 Å². The van der Waals surface area contributed by atoms with Crippen molar-refractivity contribution in [2.45, 2.75) is 12.8 Å². The highest BCUT2D eigenvalue weighted by Gasteiger charge is 2.16. The lowest BCUT2D eigenvalue weighted by Gasteiger charge is -2.18. The molecule has 2 aromatic rings. The molecular formula is C17H14Cl2NO3-. The quantitative estimate of drug-likeness (QED) is 0.870. The SMILES string of the molecule is O=C(C[C@@H](Cc1ccccc1)C(=O)[O-])Nc1ccc(Cl)c(Cl)c1. The molecule has 0 spiro atoms. The minimum Gasteiger partial charge on any atom is -0.550 e. The summed E-state index contributed by atoms with van der Waals surface area (Å²) in [6.07, 6.45) is 0.0510. The molecule has 0 aromatic heterocycles. The first-order valence-corrected chi connectivity index (χ1v) is 7.71. The summed E-state index contributed by atoms with van der Waals surface area (Å²) in [7, 11) is 0. The molecule has 0 aliphatic heterocycles. The highest BCUT2D eigenvalue weighted by atomic mass is 35.5. The third-order valence-electron chi connectivity index (χ3n) is 3.29. The Bertz CT molecular complexity index is 704. The van der Waals surface area contributed by atoms with Crippen molar-refractivity contribution in [2.75, 3.05) is 5.32 Å². The van der Waals surface area contributed by atoms with Crippen LogP contribution in [0, 0.1) is 5.92 Å². The van der Waals surface area contributed by atoms with Gasteiger partial charge in [0.05, 0.1) is 10.0 Å². The van der Waals surface area contributed by atoms with Crippen LogP contribution >= 0.6 is 23.2 Å². The maximum Gasteiger partial charge on any atom is 0.225 e. The summed E-state index contributed by atoms with van der Waals surface area (Å²) in [4.78, 5) is 23.3. The zero-order valence-electron chi connectivity index (χ0n) is 12.1. The van der Waals surface area contributed by atoms with Gasteiger partial charge in [0.2, 0.25) is 5.91 Å². The Hall–Kier alpha value is -2.04. The molecule has 0 fully saturated rings. The van der Waals surface area contributed by atoms with Crippen LogP contribution in [0.4, 0.5) is 5.69 Å². The molecule has 1 atom stereocenters. The highest BCUT2D eigenvalue weighted by molar-refractivity contribution is 6.42. The lowest BCUT2D eigenvalue weighted by Crippen LogP contribution is -2.35. The topological polar surface area (TPSA) is 69.2 Å². The van der Waals surface area contributed by atoms with E-state index in [4.69, 9.17) is 23.2 Å². The number of carboxylic acid groups (broad SMARTS) is 1. The van der Waals surface area contributed by atoms with E-state index in [0.29, 0.717) is 15.7 Å². The number of hydrogen-bond donors (Lipinski definition) is 1. The van der Waals surface area contributed by atoms with Crippen LogP contribution < -0.4 is 10.4 Å². The van der Waals surface area contributed by atoms with Crippen molar-refractivity contribution in [2.24, 2.45) is 5.92 Å². The van der Waals surface area contributed by atoms with Crippen LogP contribution in [0.15, 0.2) is 48.5 Å². The lowest BCUT2D eigenvalue weighted by molar-refractivity contribution is -0.311. The van der Waals surface area contributed by atoms with Crippen molar-refractivity contribution in [1.29, 1.82) is 0 Å². The lowest BCUT2D eigenvalue weighted by atomic mass is 9.96. The first kappa shape index (κ1) is 17.3. The Morgan fingerprint density at radius 1 is 1.04 bits per heavy atom. The number of halogens is 2. The molecule has 0 bridgehead atoms. The Labute approximate surface area is 144 Å². The molecule has 23 heavy (non-hydrogen) atoms. The average molecular weight is 351 g/mol. The molecule has 6 heteroatoms. The van der Waals surface area contributed by atoms with Gasteiger partial charge in [-0.1, -0.05) is 53.5 Å². The van der Waals surface area contributed by atoms with Gasteiger partial charge in [-0.25, -0.2) is 0 Å². The average Bonchev–Trinajstić information content (AvgIpc) is 2.51. The summed E-state index contributed by atoms with van der Waals surface area (Å²) in [5, 5.41) is 14.6. The first-order chi connectivity index (χ1) is 11.0. The normalized spacial score (nSPS) is 11.7. The number of carboxylic acids is 1. The van der Waals surface area contributed by atoms with Crippen LogP contribution in [0.1, 0.15) is 12.0 Å². The Kier molecular flexibility index (Phi) is 6.02. The second-order valence-corrected chi connectivity index (χ2v) is 5.90. The fourth-order valence-corrected chi connectivity index (χ4v) is 2.45. The second-order valence-electron chi connectivity index (χ2n) is 5.09. The minimum absolute atomic E-state index is 0.183.